The van der Waals surface area contributed by atoms with Crippen molar-refractivity contribution in [1.29, 1.82) is 0 Å². The molecule has 15 nitrogen and oxygen atoms in total. The summed E-state index contributed by atoms with van der Waals surface area (Å²) in [7, 11) is 3.85. The Labute approximate surface area is 329 Å². The monoisotopic (exact) mass is 788 g/mol. The minimum atomic E-state index is -1.12. The third-order valence-corrected chi connectivity index (χ3v) is 7.36. The first-order chi connectivity index (χ1) is 27.6. The van der Waals surface area contributed by atoms with Crippen LogP contribution in [0.2, 0.25) is 0 Å². The summed E-state index contributed by atoms with van der Waals surface area (Å²) in [6, 6.07) is 20.3. The highest BCUT2D eigenvalue weighted by Gasteiger charge is 2.20. The maximum absolute atomic E-state index is 12.7. The Kier molecular flexibility index (Phi) is 19.7. The van der Waals surface area contributed by atoms with E-state index in [9.17, 15) is 28.8 Å². The molecule has 0 unspecified atom stereocenters. The second-order valence-corrected chi connectivity index (χ2v) is 11.5. The molecule has 0 aliphatic heterocycles. The highest BCUT2D eigenvalue weighted by Crippen LogP contribution is 2.16. The molecule has 0 saturated carbocycles. The van der Waals surface area contributed by atoms with Crippen molar-refractivity contribution in [3.63, 3.8) is 0 Å². The summed E-state index contributed by atoms with van der Waals surface area (Å²) in [5.74, 6) is -1.99. The zero-order valence-corrected chi connectivity index (χ0v) is 31.8. The lowest BCUT2D eigenvalue weighted by molar-refractivity contribution is -0.167. The fraction of sp³-hybridized carbons (Fsp3) is 0.286. The quantitative estimate of drug-likeness (QED) is 0.0714. The maximum Gasteiger partial charge on any atom is 0.330 e. The van der Waals surface area contributed by atoms with Crippen LogP contribution >= 0.6 is 0 Å². The van der Waals surface area contributed by atoms with E-state index < -0.39 is 55.1 Å². The van der Waals surface area contributed by atoms with Gasteiger partial charge in [-0.3, -0.25) is 14.4 Å². The van der Waals surface area contributed by atoms with E-state index in [4.69, 9.17) is 28.4 Å². The summed E-state index contributed by atoms with van der Waals surface area (Å²) in [4.78, 5) is 71.6. The molecule has 0 aliphatic carbocycles. The molecule has 0 N–H and O–H groups in total. The van der Waals surface area contributed by atoms with Crippen LogP contribution in [0.1, 0.15) is 36.0 Å². The fourth-order valence-corrected chi connectivity index (χ4v) is 4.36. The SMILES string of the molecule is COC(=O)/C=C/c1ccc(OCCC(=O)OCC(COC(=O)CCOc2ccc(/C=C/C(=O)OC)cc2)OC(=O)CCOc2ccc(/C=C/C(=O)OC)cc2)cc1. The molecular weight excluding hydrogens is 744 g/mol. The Balaban J connectivity index is 1.48. The number of methoxy groups -OCH3 is 3. The van der Waals surface area contributed by atoms with Crippen LogP contribution in [-0.2, 0) is 57.2 Å². The van der Waals surface area contributed by atoms with Crippen molar-refractivity contribution in [2.45, 2.75) is 25.4 Å². The zero-order chi connectivity index (χ0) is 41.3. The molecule has 0 fully saturated rings. The van der Waals surface area contributed by atoms with E-state index in [0.29, 0.717) is 17.2 Å². The number of hydrogen-bond donors (Lipinski definition) is 0. The number of ether oxygens (including phenoxy) is 9. The third kappa shape index (κ3) is 18.8. The van der Waals surface area contributed by atoms with Crippen molar-refractivity contribution in [3.05, 3.63) is 108 Å². The van der Waals surface area contributed by atoms with Gasteiger partial charge in [0.1, 0.15) is 30.5 Å². The lowest BCUT2D eigenvalue weighted by Gasteiger charge is -2.18. The first kappa shape index (κ1) is 44.5. The van der Waals surface area contributed by atoms with E-state index in [1.807, 2.05) is 0 Å². The van der Waals surface area contributed by atoms with Crippen LogP contribution in [-0.4, -0.2) is 96.3 Å². The van der Waals surface area contributed by atoms with Gasteiger partial charge in [0.25, 0.3) is 0 Å². The van der Waals surface area contributed by atoms with E-state index in [1.165, 1.54) is 39.6 Å². The van der Waals surface area contributed by atoms with Gasteiger partial charge in [-0.2, -0.15) is 0 Å². The molecule has 0 amide bonds. The van der Waals surface area contributed by atoms with E-state index in [1.54, 1.807) is 91.0 Å². The van der Waals surface area contributed by atoms with Gasteiger partial charge in [-0.05, 0) is 71.3 Å². The molecule has 0 radical (unpaired) electrons. The van der Waals surface area contributed by atoms with Crippen LogP contribution in [0.5, 0.6) is 17.2 Å². The molecule has 3 aromatic rings. The highest BCUT2D eigenvalue weighted by molar-refractivity contribution is 5.88. The van der Waals surface area contributed by atoms with Gasteiger partial charge in [0.15, 0.2) is 6.10 Å². The number of carbonyl (C=O) groups excluding carboxylic acids is 6. The van der Waals surface area contributed by atoms with Gasteiger partial charge in [0, 0.05) is 18.2 Å². The van der Waals surface area contributed by atoms with Crippen LogP contribution < -0.4 is 14.2 Å². The molecular formula is C42H44O15. The summed E-state index contributed by atoms with van der Waals surface area (Å²) in [5, 5.41) is 0. The van der Waals surface area contributed by atoms with Gasteiger partial charge in [0.2, 0.25) is 0 Å². The van der Waals surface area contributed by atoms with Gasteiger partial charge >= 0.3 is 35.8 Å². The van der Waals surface area contributed by atoms with Crippen molar-refractivity contribution in [1.82, 2.24) is 0 Å². The van der Waals surface area contributed by atoms with Crippen LogP contribution in [0.3, 0.4) is 0 Å². The lowest BCUT2D eigenvalue weighted by atomic mass is 10.2. The standard InChI is InChI=1S/C42H44O15/c1-49-37(43)19-10-30-4-13-33(14-5-30)52-25-22-40(46)55-28-36(57-42(48)24-27-54-35-17-8-32(9-18-35)12-21-39(45)51-3)29-56-41(47)23-26-53-34-15-6-31(7-16-34)11-20-38(44)50-2/h4-21,36H,22-29H2,1-3H3/b19-10+,20-11+,21-12+. The van der Waals surface area contributed by atoms with Crippen molar-refractivity contribution in [3.8, 4) is 17.2 Å². The Morgan fingerprint density at radius 3 is 1.05 bits per heavy atom. The van der Waals surface area contributed by atoms with Gasteiger partial charge in [-0.15, -0.1) is 0 Å². The summed E-state index contributed by atoms with van der Waals surface area (Å²) < 4.78 is 46.6. The summed E-state index contributed by atoms with van der Waals surface area (Å²) in [6.07, 6.45) is 7.05. The minimum absolute atomic E-state index is 0.0115. The van der Waals surface area contributed by atoms with Crippen molar-refractivity contribution >= 4 is 54.0 Å². The second-order valence-electron chi connectivity index (χ2n) is 11.5. The average molecular weight is 789 g/mol. The molecule has 0 atom stereocenters. The molecule has 0 aromatic heterocycles. The molecule has 57 heavy (non-hydrogen) atoms. The first-order valence-electron chi connectivity index (χ1n) is 17.5. The van der Waals surface area contributed by atoms with E-state index in [2.05, 4.69) is 14.2 Å². The molecule has 3 rings (SSSR count). The predicted octanol–water partition coefficient (Wildman–Crippen LogP) is 4.95. The van der Waals surface area contributed by atoms with Gasteiger partial charge in [-0.25, -0.2) is 14.4 Å². The molecule has 0 spiro atoms. The Morgan fingerprint density at radius 1 is 0.456 bits per heavy atom. The van der Waals surface area contributed by atoms with Gasteiger partial charge < -0.3 is 42.6 Å². The highest BCUT2D eigenvalue weighted by atomic mass is 16.6. The number of benzene rings is 3. The molecule has 0 bridgehead atoms. The topological polar surface area (TPSA) is 185 Å². The zero-order valence-electron chi connectivity index (χ0n) is 31.8. The van der Waals surface area contributed by atoms with Crippen LogP contribution in [0.15, 0.2) is 91.0 Å². The van der Waals surface area contributed by atoms with Crippen molar-refractivity contribution < 1.29 is 71.4 Å². The van der Waals surface area contributed by atoms with Gasteiger partial charge in [-0.1, -0.05) is 36.4 Å². The Morgan fingerprint density at radius 2 is 0.754 bits per heavy atom. The Hall–Kier alpha value is -6.90. The summed E-state index contributed by atoms with van der Waals surface area (Å²) >= 11 is 0. The van der Waals surface area contributed by atoms with E-state index in [-0.39, 0.29) is 39.1 Å². The Bertz CT molecular complexity index is 1750. The third-order valence-electron chi connectivity index (χ3n) is 7.36. The average Bonchev–Trinajstić information content (AvgIpc) is 3.23. The molecule has 3 aromatic carbocycles. The number of esters is 6. The molecule has 0 saturated heterocycles. The molecule has 302 valence electrons. The largest absolute Gasteiger partial charge is 0.493 e. The normalized spacial score (nSPS) is 10.9. The van der Waals surface area contributed by atoms with E-state index >= 15 is 0 Å². The van der Waals surface area contributed by atoms with Crippen LogP contribution in [0, 0.1) is 0 Å². The summed E-state index contributed by atoms with van der Waals surface area (Å²) in [6.45, 7) is -0.853. The molecule has 0 aliphatic rings. The van der Waals surface area contributed by atoms with Crippen LogP contribution in [0.4, 0.5) is 0 Å². The maximum atomic E-state index is 12.7. The minimum Gasteiger partial charge on any atom is -0.493 e. The molecule has 0 heterocycles. The number of rotatable bonds is 23. The van der Waals surface area contributed by atoms with Gasteiger partial charge in [0.05, 0.1) is 60.4 Å². The summed E-state index contributed by atoms with van der Waals surface area (Å²) in [5.41, 5.74) is 2.22. The van der Waals surface area contributed by atoms with E-state index in [0.717, 1.165) is 16.7 Å². The predicted molar refractivity (Wildman–Crippen MR) is 205 cm³/mol. The van der Waals surface area contributed by atoms with Crippen molar-refractivity contribution in [2.75, 3.05) is 54.4 Å². The first-order valence-corrected chi connectivity index (χ1v) is 17.5. The lowest BCUT2D eigenvalue weighted by Crippen LogP contribution is -2.31. The number of carbonyl (C=O) groups is 6. The van der Waals surface area contributed by atoms with Crippen LogP contribution in [0.25, 0.3) is 18.2 Å². The fourth-order valence-electron chi connectivity index (χ4n) is 4.36. The second kappa shape index (κ2) is 25.2. The smallest absolute Gasteiger partial charge is 0.330 e. The number of hydrogen-bond acceptors (Lipinski definition) is 15. The van der Waals surface area contributed by atoms with Crippen molar-refractivity contribution in [2.24, 2.45) is 0 Å². The molecule has 15 heteroatoms.